The Morgan fingerprint density at radius 2 is 2.06 bits per heavy atom. The van der Waals surface area contributed by atoms with Gasteiger partial charge in [0.2, 0.25) is 0 Å². The topological polar surface area (TPSA) is 108 Å². The number of hydrogen-bond donors (Lipinski definition) is 2. The number of carbonyl (C=O) groups is 2. The average molecular weight is 247 g/mol. The van der Waals surface area contributed by atoms with E-state index in [4.69, 9.17) is 19.9 Å². The summed E-state index contributed by atoms with van der Waals surface area (Å²) in [5.74, 6) is -0.984. The summed E-state index contributed by atoms with van der Waals surface area (Å²) in [5, 5.41) is 9.38. The van der Waals surface area contributed by atoms with Gasteiger partial charge in [0.1, 0.15) is 18.8 Å². The van der Waals surface area contributed by atoms with Crippen molar-refractivity contribution < 1.29 is 28.9 Å². The van der Waals surface area contributed by atoms with Gasteiger partial charge >= 0.3 is 11.9 Å². The molecular formula is C10H17NO6. The fraction of sp³-hybridized carbons (Fsp3) is 0.800. The van der Waals surface area contributed by atoms with Crippen molar-refractivity contribution in [2.45, 2.75) is 44.8 Å². The molecule has 0 spiro atoms. The van der Waals surface area contributed by atoms with Gasteiger partial charge in [-0.25, -0.2) is 0 Å². The number of esters is 2. The van der Waals surface area contributed by atoms with Crippen molar-refractivity contribution in [3.8, 4) is 0 Å². The molecule has 0 amide bonds. The van der Waals surface area contributed by atoms with Crippen molar-refractivity contribution in [3.05, 3.63) is 0 Å². The second-order valence-electron chi connectivity index (χ2n) is 3.91. The third kappa shape index (κ3) is 4.29. The summed E-state index contributed by atoms with van der Waals surface area (Å²) in [5.41, 5.74) is 5.76. The molecule has 17 heavy (non-hydrogen) atoms. The molecule has 0 aromatic carbocycles. The summed E-state index contributed by atoms with van der Waals surface area (Å²) in [6.07, 6.45) is -2.36. The van der Waals surface area contributed by atoms with Crippen LogP contribution in [-0.4, -0.2) is 48.2 Å². The highest BCUT2D eigenvalue weighted by atomic mass is 16.6. The normalized spacial score (nSPS) is 32.9. The number of hydrogen-bond acceptors (Lipinski definition) is 7. The Bertz CT molecular complexity index is 295. The number of carbonyl (C=O) groups excluding carboxylic acids is 2. The summed E-state index contributed by atoms with van der Waals surface area (Å²) in [6, 6.07) is -0.553. The first kappa shape index (κ1) is 13.9. The number of aliphatic hydroxyl groups is 1. The molecule has 7 heteroatoms. The predicted molar refractivity (Wildman–Crippen MR) is 55.7 cm³/mol. The Morgan fingerprint density at radius 1 is 1.41 bits per heavy atom. The Hall–Kier alpha value is -1.18. The fourth-order valence-electron chi connectivity index (χ4n) is 1.67. The van der Waals surface area contributed by atoms with Crippen molar-refractivity contribution >= 4 is 11.9 Å². The molecule has 0 saturated carbocycles. The molecule has 4 atom stereocenters. The van der Waals surface area contributed by atoms with Gasteiger partial charge in [0.15, 0.2) is 6.29 Å². The minimum Gasteiger partial charge on any atom is -0.463 e. The zero-order valence-corrected chi connectivity index (χ0v) is 9.79. The van der Waals surface area contributed by atoms with E-state index in [1.165, 1.54) is 13.8 Å². The first-order valence-corrected chi connectivity index (χ1v) is 5.30. The lowest BCUT2D eigenvalue weighted by molar-refractivity contribution is -0.226. The molecule has 0 bridgehead atoms. The first-order valence-electron chi connectivity index (χ1n) is 5.30. The van der Waals surface area contributed by atoms with Gasteiger partial charge < -0.3 is 25.1 Å². The Kier molecular flexibility index (Phi) is 4.86. The lowest BCUT2D eigenvalue weighted by Gasteiger charge is -2.37. The smallest absolute Gasteiger partial charge is 0.303 e. The molecular weight excluding hydrogens is 230 g/mol. The van der Waals surface area contributed by atoms with Crippen molar-refractivity contribution in [1.82, 2.24) is 0 Å². The van der Waals surface area contributed by atoms with Crippen LogP contribution in [0.2, 0.25) is 0 Å². The monoisotopic (exact) mass is 247 g/mol. The highest BCUT2D eigenvalue weighted by molar-refractivity contribution is 5.66. The minimum atomic E-state index is -1.04. The van der Waals surface area contributed by atoms with Crippen molar-refractivity contribution in [1.29, 1.82) is 0 Å². The second-order valence-corrected chi connectivity index (χ2v) is 3.91. The molecule has 7 nitrogen and oxygen atoms in total. The molecule has 1 heterocycles. The molecule has 98 valence electrons. The van der Waals surface area contributed by atoms with Crippen LogP contribution in [0, 0.1) is 0 Å². The summed E-state index contributed by atoms with van der Waals surface area (Å²) in [7, 11) is 0. The molecule has 3 N–H and O–H groups in total. The molecule has 0 aliphatic carbocycles. The van der Waals surface area contributed by atoms with E-state index < -0.39 is 36.5 Å². The van der Waals surface area contributed by atoms with E-state index in [9.17, 15) is 14.7 Å². The molecule has 0 unspecified atom stereocenters. The van der Waals surface area contributed by atoms with Gasteiger partial charge in [-0.1, -0.05) is 0 Å². The Balaban J connectivity index is 2.64. The van der Waals surface area contributed by atoms with Gasteiger partial charge in [0.05, 0.1) is 0 Å². The maximum Gasteiger partial charge on any atom is 0.303 e. The van der Waals surface area contributed by atoms with Crippen LogP contribution in [0.25, 0.3) is 0 Å². The van der Waals surface area contributed by atoms with Crippen molar-refractivity contribution in [2.24, 2.45) is 5.73 Å². The SMILES string of the molecule is CC(=O)OC[C@H]1O[C@H](O)C[C@H](N)[C@@H]1OC(C)=O. The molecule has 1 aliphatic heterocycles. The largest absolute Gasteiger partial charge is 0.463 e. The highest BCUT2D eigenvalue weighted by Crippen LogP contribution is 2.21. The number of ether oxygens (including phenoxy) is 3. The quantitative estimate of drug-likeness (QED) is 0.610. The summed E-state index contributed by atoms with van der Waals surface area (Å²) < 4.78 is 14.9. The Morgan fingerprint density at radius 3 is 2.59 bits per heavy atom. The van der Waals surface area contributed by atoms with E-state index in [1.807, 2.05) is 0 Å². The molecule has 0 aromatic heterocycles. The van der Waals surface area contributed by atoms with Gasteiger partial charge in [-0.15, -0.1) is 0 Å². The van der Waals surface area contributed by atoms with Crippen LogP contribution in [0.1, 0.15) is 20.3 Å². The van der Waals surface area contributed by atoms with Crippen LogP contribution in [0.3, 0.4) is 0 Å². The van der Waals surface area contributed by atoms with E-state index in [0.717, 1.165) is 0 Å². The maximum absolute atomic E-state index is 10.9. The second kappa shape index (κ2) is 5.95. The maximum atomic E-state index is 10.9. The molecule has 1 fully saturated rings. The van der Waals surface area contributed by atoms with Gasteiger partial charge in [0.25, 0.3) is 0 Å². The van der Waals surface area contributed by atoms with Crippen LogP contribution in [0.5, 0.6) is 0 Å². The van der Waals surface area contributed by atoms with Gasteiger partial charge in [0, 0.05) is 26.3 Å². The predicted octanol–water partition coefficient (Wildman–Crippen LogP) is -1.08. The average Bonchev–Trinajstić information content (AvgIpc) is 2.18. The van der Waals surface area contributed by atoms with Crippen LogP contribution in [0.15, 0.2) is 0 Å². The Labute approximate surface area is 98.8 Å². The van der Waals surface area contributed by atoms with E-state index in [-0.39, 0.29) is 13.0 Å². The number of rotatable bonds is 3. The third-order valence-electron chi connectivity index (χ3n) is 2.35. The lowest BCUT2D eigenvalue weighted by atomic mass is 10.00. The fourth-order valence-corrected chi connectivity index (χ4v) is 1.67. The van der Waals surface area contributed by atoms with E-state index >= 15 is 0 Å². The minimum absolute atomic E-state index is 0.113. The zero-order valence-electron chi connectivity index (χ0n) is 9.79. The van der Waals surface area contributed by atoms with E-state index in [0.29, 0.717) is 0 Å². The van der Waals surface area contributed by atoms with Gasteiger partial charge in [-0.3, -0.25) is 9.59 Å². The first-order chi connectivity index (χ1) is 7.90. The molecule has 0 radical (unpaired) electrons. The van der Waals surface area contributed by atoms with Gasteiger partial charge in [-0.05, 0) is 0 Å². The van der Waals surface area contributed by atoms with E-state index in [1.54, 1.807) is 0 Å². The van der Waals surface area contributed by atoms with Crippen molar-refractivity contribution in [2.75, 3.05) is 6.61 Å². The van der Waals surface area contributed by atoms with Crippen LogP contribution in [0.4, 0.5) is 0 Å². The lowest BCUT2D eigenvalue weighted by Crippen LogP contribution is -2.55. The van der Waals surface area contributed by atoms with Crippen LogP contribution < -0.4 is 5.73 Å². The molecule has 1 aliphatic rings. The standard InChI is InChI=1S/C10H17NO6/c1-5(12)15-4-8-10(16-6(2)13)7(11)3-9(14)17-8/h7-10,14H,3-4,11H2,1-2H3/t7-,8+,9-,10-/m0/s1. The summed E-state index contributed by atoms with van der Waals surface area (Å²) in [6.45, 7) is 2.39. The molecule has 0 aromatic rings. The van der Waals surface area contributed by atoms with Crippen LogP contribution in [-0.2, 0) is 23.8 Å². The zero-order chi connectivity index (χ0) is 13.0. The van der Waals surface area contributed by atoms with Crippen molar-refractivity contribution in [3.63, 3.8) is 0 Å². The summed E-state index contributed by atoms with van der Waals surface area (Å²) >= 11 is 0. The van der Waals surface area contributed by atoms with Crippen LogP contribution >= 0.6 is 0 Å². The molecule has 1 saturated heterocycles. The summed E-state index contributed by atoms with van der Waals surface area (Å²) in [4.78, 5) is 21.6. The van der Waals surface area contributed by atoms with E-state index in [2.05, 4.69) is 0 Å². The number of aliphatic hydroxyl groups excluding tert-OH is 1. The third-order valence-corrected chi connectivity index (χ3v) is 2.35. The number of nitrogens with two attached hydrogens (primary N) is 1. The molecule has 1 rings (SSSR count). The highest BCUT2D eigenvalue weighted by Gasteiger charge is 2.39. The van der Waals surface area contributed by atoms with Gasteiger partial charge in [-0.2, -0.15) is 0 Å².